The molecule has 24 heavy (non-hydrogen) atoms. The van der Waals surface area contributed by atoms with Crippen LogP contribution in [0.4, 0.5) is 5.69 Å². The minimum Gasteiger partial charge on any atom is -0.494 e. The van der Waals surface area contributed by atoms with Gasteiger partial charge < -0.3 is 14.9 Å². The molecule has 0 bridgehead atoms. The normalized spacial score (nSPS) is 16.5. The van der Waals surface area contributed by atoms with Gasteiger partial charge in [-0.1, -0.05) is 41.4 Å². The molecule has 2 aromatic carbocycles. The van der Waals surface area contributed by atoms with Crippen LogP contribution < -0.4 is 5.48 Å². The van der Waals surface area contributed by atoms with Crippen LogP contribution in [-0.2, 0) is 4.84 Å². The standard InChI is InChI=1S/C17H13Cl2N3O2/c1-24-22-15-8-4-2-3-5-12(8)20-16(15)14-9-6-10(18)11(19)7-13(9)21-17(14)23/h2-7,15,21-23H,1H3. The van der Waals surface area contributed by atoms with Gasteiger partial charge in [0.05, 0.1) is 39.6 Å². The van der Waals surface area contributed by atoms with Gasteiger partial charge in [0.15, 0.2) is 5.88 Å². The van der Waals surface area contributed by atoms with Crippen LogP contribution in [0, 0.1) is 0 Å². The molecule has 0 fully saturated rings. The summed E-state index contributed by atoms with van der Waals surface area (Å²) in [7, 11) is 1.55. The first-order chi connectivity index (χ1) is 11.6. The van der Waals surface area contributed by atoms with Gasteiger partial charge >= 0.3 is 0 Å². The van der Waals surface area contributed by atoms with Crippen molar-refractivity contribution in [2.45, 2.75) is 6.04 Å². The highest BCUT2D eigenvalue weighted by atomic mass is 35.5. The Bertz CT molecular complexity index is 981. The number of halogens is 2. The zero-order valence-corrected chi connectivity index (χ0v) is 14.1. The number of aromatic nitrogens is 1. The molecule has 1 aliphatic rings. The molecule has 3 N–H and O–H groups in total. The minimum atomic E-state index is -0.300. The van der Waals surface area contributed by atoms with Gasteiger partial charge in [-0.3, -0.25) is 4.99 Å². The van der Waals surface area contributed by atoms with Crippen molar-refractivity contribution >= 4 is 45.5 Å². The number of aliphatic imine (C=N–C) groups is 1. The molecule has 1 aliphatic heterocycles. The number of H-pyrrole nitrogens is 1. The molecule has 3 aromatic rings. The fraction of sp³-hybridized carbons (Fsp3) is 0.118. The first-order valence-corrected chi connectivity index (χ1v) is 8.02. The van der Waals surface area contributed by atoms with Gasteiger partial charge in [0.2, 0.25) is 0 Å². The molecule has 1 atom stereocenters. The molecule has 1 unspecified atom stereocenters. The summed E-state index contributed by atoms with van der Waals surface area (Å²) in [6, 6.07) is 10.9. The van der Waals surface area contributed by atoms with Gasteiger partial charge in [-0.15, -0.1) is 0 Å². The van der Waals surface area contributed by atoms with Crippen molar-refractivity contribution in [2.24, 2.45) is 4.99 Å². The zero-order valence-electron chi connectivity index (χ0n) is 12.6. The van der Waals surface area contributed by atoms with Crippen molar-refractivity contribution in [3.05, 3.63) is 57.6 Å². The highest BCUT2D eigenvalue weighted by molar-refractivity contribution is 6.43. The number of hydrogen-bond acceptors (Lipinski definition) is 4. The quantitative estimate of drug-likeness (QED) is 0.601. The number of fused-ring (bicyclic) bond motifs is 2. The van der Waals surface area contributed by atoms with Gasteiger partial charge in [-0.25, -0.2) is 0 Å². The first kappa shape index (κ1) is 15.5. The summed E-state index contributed by atoms with van der Waals surface area (Å²) in [5, 5.41) is 12.0. The van der Waals surface area contributed by atoms with Crippen LogP contribution in [0.15, 0.2) is 41.4 Å². The molecule has 0 radical (unpaired) electrons. The summed E-state index contributed by atoms with van der Waals surface area (Å²) in [5.41, 5.74) is 6.66. The second kappa shape index (κ2) is 5.79. The highest BCUT2D eigenvalue weighted by Crippen LogP contribution is 2.41. The van der Waals surface area contributed by atoms with Crippen LogP contribution in [0.1, 0.15) is 17.2 Å². The maximum atomic E-state index is 10.5. The second-order valence-electron chi connectivity index (χ2n) is 5.47. The molecule has 0 saturated carbocycles. The monoisotopic (exact) mass is 361 g/mol. The average molecular weight is 362 g/mol. The van der Waals surface area contributed by atoms with Crippen LogP contribution in [0.5, 0.6) is 5.88 Å². The van der Waals surface area contributed by atoms with E-state index in [-0.39, 0.29) is 11.9 Å². The minimum absolute atomic E-state index is 0.0118. The van der Waals surface area contributed by atoms with Gasteiger partial charge in [-0.2, -0.15) is 5.48 Å². The SMILES string of the molecule is CONC1C(c2c(O)[nH]c3cc(Cl)c(Cl)cc23)=Nc2ccccc21. The molecule has 7 heteroatoms. The van der Waals surface area contributed by atoms with E-state index in [0.29, 0.717) is 26.8 Å². The van der Waals surface area contributed by atoms with Crippen molar-refractivity contribution in [1.29, 1.82) is 0 Å². The number of rotatable bonds is 3. The van der Waals surface area contributed by atoms with Crippen molar-refractivity contribution in [2.75, 3.05) is 7.11 Å². The molecule has 2 heterocycles. The van der Waals surface area contributed by atoms with E-state index in [1.807, 2.05) is 24.3 Å². The zero-order chi connectivity index (χ0) is 16.8. The van der Waals surface area contributed by atoms with E-state index in [1.54, 1.807) is 19.2 Å². The summed E-state index contributed by atoms with van der Waals surface area (Å²) >= 11 is 12.2. The molecule has 0 amide bonds. The Morgan fingerprint density at radius 1 is 1.21 bits per heavy atom. The van der Waals surface area contributed by atoms with E-state index in [4.69, 9.17) is 28.0 Å². The largest absolute Gasteiger partial charge is 0.494 e. The predicted octanol–water partition coefficient (Wildman–Crippen LogP) is 4.51. The maximum Gasteiger partial charge on any atom is 0.198 e. The van der Waals surface area contributed by atoms with E-state index in [2.05, 4.69) is 15.5 Å². The van der Waals surface area contributed by atoms with Gasteiger partial charge in [0.25, 0.3) is 0 Å². The molecular formula is C17H13Cl2N3O2. The van der Waals surface area contributed by atoms with Crippen LogP contribution >= 0.6 is 23.2 Å². The number of aromatic amines is 1. The Kier molecular flexibility index (Phi) is 3.73. The predicted molar refractivity (Wildman–Crippen MR) is 95.5 cm³/mol. The van der Waals surface area contributed by atoms with E-state index in [1.165, 1.54) is 0 Å². The molecule has 5 nitrogen and oxygen atoms in total. The van der Waals surface area contributed by atoms with Crippen molar-refractivity contribution in [3.8, 4) is 5.88 Å². The molecule has 1 aromatic heterocycles. The molecule has 0 spiro atoms. The van der Waals surface area contributed by atoms with E-state index in [0.717, 1.165) is 16.6 Å². The van der Waals surface area contributed by atoms with Gasteiger partial charge in [0, 0.05) is 10.9 Å². The lowest BCUT2D eigenvalue weighted by molar-refractivity contribution is 0.0794. The van der Waals surface area contributed by atoms with Crippen LogP contribution in [0.3, 0.4) is 0 Å². The topological polar surface area (TPSA) is 69.6 Å². The first-order valence-electron chi connectivity index (χ1n) is 7.26. The third-order valence-electron chi connectivity index (χ3n) is 4.07. The number of nitrogens with one attached hydrogen (secondary N) is 2. The van der Waals surface area contributed by atoms with Crippen molar-refractivity contribution in [1.82, 2.24) is 10.5 Å². The average Bonchev–Trinajstić information content (AvgIpc) is 3.06. The Labute approximate surface area is 147 Å². The van der Waals surface area contributed by atoms with E-state index in [9.17, 15) is 5.11 Å². The lowest BCUT2D eigenvalue weighted by Gasteiger charge is -2.15. The van der Waals surface area contributed by atoms with Crippen LogP contribution in [0.25, 0.3) is 10.9 Å². The fourth-order valence-corrected chi connectivity index (χ4v) is 3.37. The van der Waals surface area contributed by atoms with Gasteiger partial charge in [-0.05, 0) is 18.2 Å². The third-order valence-corrected chi connectivity index (χ3v) is 4.80. The maximum absolute atomic E-state index is 10.5. The summed E-state index contributed by atoms with van der Waals surface area (Å²) in [4.78, 5) is 12.7. The van der Waals surface area contributed by atoms with E-state index >= 15 is 0 Å². The number of para-hydroxylation sites is 1. The number of aromatic hydroxyl groups is 1. The number of hydroxylamine groups is 1. The summed E-state index contributed by atoms with van der Waals surface area (Å²) in [5.74, 6) is 0.0118. The third kappa shape index (κ3) is 2.29. The fourth-order valence-electron chi connectivity index (χ4n) is 3.05. The Morgan fingerprint density at radius 3 is 2.75 bits per heavy atom. The molecular weight excluding hydrogens is 349 g/mol. The smallest absolute Gasteiger partial charge is 0.198 e. The number of benzene rings is 2. The van der Waals surface area contributed by atoms with Crippen molar-refractivity contribution < 1.29 is 9.94 Å². The lowest BCUT2D eigenvalue weighted by atomic mass is 9.98. The Balaban J connectivity index is 1.94. The number of hydrogen-bond donors (Lipinski definition) is 3. The molecule has 0 saturated heterocycles. The lowest BCUT2D eigenvalue weighted by Crippen LogP contribution is -2.26. The molecule has 122 valence electrons. The van der Waals surface area contributed by atoms with Crippen molar-refractivity contribution in [3.63, 3.8) is 0 Å². The Hall–Kier alpha value is -2.05. The summed E-state index contributed by atoms with van der Waals surface area (Å²) in [6.07, 6.45) is 0. The summed E-state index contributed by atoms with van der Waals surface area (Å²) < 4.78 is 0. The summed E-state index contributed by atoms with van der Waals surface area (Å²) in [6.45, 7) is 0. The van der Waals surface area contributed by atoms with Crippen LogP contribution in [-0.4, -0.2) is 22.9 Å². The molecule has 4 rings (SSSR count). The van der Waals surface area contributed by atoms with Gasteiger partial charge in [0.1, 0.15) is 6.04 Å². The molecule has 0 aliphatic carbocycles. The Morgan fingerprint density at radius 2 is 1.96 bits per heavy atom. The highest BCUT2D eigenvalue weighted by Gasteiger charge is 2.32. The van der Waals surface area contributed by atoms with E-state index < -0.39 is 0 Å². The number of nitrogens with zero attached hydrogens (tertiary/aromatic N) is 1. The second-order valence-corrected chi connectivity index (χ2v) is 6.29. The van der Waals surface area contributed by atoms with Crippen LogP contribution in [0.2, 0.25) is 10.0 Å².